The topological polar surface area (TPSA) is 40.0 Å². The monoisotopic (exact) mass is 134 g/mol. The Morgan fingerprint density at radius 2 is 1.89 bits per heavy atom. The highest BCUT2D eigenvalue weighted by molar-refractivity contribution is 4.25. The molecule has 0 saturated carbocycles. The molecule has 0 amide bonds. The van der Waals surface area contributed by atoms with Crippen LogP contribution in [0, 0.1) is 5.21 Å². The maximum absolute atomic E-state index is 10.7. The van der Waals surface area contributed by atoms with E-state index in [1.54, 1.807) is 14.1 Å². The Bertz CT molecular complexity index is 75.4. The van der Waals surface area contributed by atoms with Crippen LogP contribution >= 0.6 is 0 Å². The summed E-state index contributed by atoms with van der Waals surface area (Å²) in [5.74, 6) is 0. The molecular weight excluding hydrogens is 120 g/mol. The van der Waals surface area contributed by atoms with E-state index in [9.17, 15) is 5.21 Å². The molecule has 0 heterocycles. The molecule has 0 aromatic rings. The van der Waals surface area contributed by atoms with Gasteiger partial charge in [-0.25, -0.2) is 0 Å². The molecule has 4 nitrogen and oxygen atoms in total. The molecule has 1 unspecified atom stereocenters. The van der Waals surface area contributed by atoms with Crippen LogP contribution in [0.4, 0.5) is 0 Å². The standard InChI is InChI=1S/C5H14N2O2/c1-5(2)9-7(8)6(3)4/h5,7H,1-4H3. The minimum Gasteiger partial charge on any atom is -0.579 e. The summed E-state index contributed by atoms with van der Waals surface area (Å²) in [4.78, 5) is 4.80. The van der Waals surface area contributed by atoms with E-state index in [4.69, 9.17) is 4.84 Å². The summed E-state index contributed by atoms with van der Waals surface area (Å²) in [6, 6.07) is 0. The number of rotatable bonds is 3. The number of quaternary nitrogens is 1. The molecule has 56 valence electrons. The van der Waals surface area contributed by atoms with Gasteiger partial charge in [-0.3, -0.25) is 0 Å². The average Bonchev–Trinajstić information content (AvgIpc) is 1.63. The highest BCUT2D eigenvalue weighted by atomic mass is 16.9. The fraction of sp³-hybridized carbons (Fsp3) is 1.00. The second-order valence-corrected chi connectivity index (χ2v) is 2.33. The first-order valence-corrected chi connectivity index (χ1v) is 2.92. The normalized spacial score (nSPS) is 15.0. The highest BCUT2D eigenvalue weighted by Crippen LogP contribution is 1.76. The quantitative estimate of drug-likeness (QED) is 0.513. The smallest absolute Gasteiger partial charge is 0.114 e. The van der Waals surface area contributed by atoms with E-state index in [1.807, 2.05) is 13.8 Å². The largest absolute Gasteiger partial charge is 0.579 e. The molecule has 1 N–H and O–H groups in total. The average molecular weight is 134 g/mol. The van der Waals surface area contributed by atoms with Gasteiger partial charge in [-0.15, -0.1) is 10.3 Å². The lowest BCUT2D eigenvalue weighted by atomic mass is 10.5. The van der Waals surface area contributed by atoms with Gasteiger partial charge in [0.05, 0.1) is 0 Å². The minimum atomic E-state index is -0.287. The van der Waals surface area contributed by atoms with Crippen LogP contribution in [0.15, 0.2) is 0 Å². The van der Waals surface area contributed by atoms with E-state index in [0.29, 0.717) is 0 Å². The van der Waals surface area contributed by atoms with Crippen LogP contribution in [-0.4, -0.2) is 25.2 Å². The fourth-order valence-electron chi connectivity index (χ4n) is 0.307. The van der Waals surface area contributed by atoms with E-state index < -0.39 is 0 Å². The van der Waals surface area contributed by atoms with Crippen molar-refractivity contribution in [2.24, 2.45) is 0 Å². The minimum absolute atomic E-state index is 0.0279. The van der Waals surface area contributed by atoms with Crippen molar-refractivity contribution in [3.8, 4) is 0 Å². The van der Waals surface area contributed by atoms with Crippen molar-refractivity contribution in [3.05, 3.63) is 5.21 Å². The molecule has 9 heavy (non-hydrogen) atoms. The second kappa shape index (κ2) is 3.79. The summed E-state index contributed by atoms with van der Waals surface area (Å²) in [5, 5.41) is 11.8. The zero-order valence-electron chi connectivity index (χ0n) is 6.34. The molecule has 0 bridgehead atoms. The van der Waals surface area contributed by atoms with E-state index in [0.717, 1.165) is 0 Å². The van der Waals surface area contributed by atoms with Crippen LogP contribution in [0.5, 0.6) is 0 Å². The van der Waals surface area contributed by atoms with Crippen molar-refractivity contribution in [2.45, 2.75) is 20.0 Å². The SMILES string of the molecule is CC(C)O[NH+]([O-])N(C)C. The van der Waals surface area contributed by atoms with Crippen molar-refractivity contribution < 1.29 is 10.2 Å². The van der Waals surface area contributed by atoms with Gasteiger partial charge in [-0.05, 0) is 13.8 Å². The molecule has 0 aromatic heterocycles. The molecule has 0 aromatic carbocycles. The van der Waals surface area contributed by atoms with Crippen LogP contribution in [0.2, 0.25) is 0 Å². The van der Waals surface area contributed by atoms with Crippen molar-refractivity contribution in [1.29, 1.82) is 0 Å². The summed E-state index contributed by atoms with van der Waals surface area (Å²) in [6.45, 7) is 3.64. The van der Waals surface area contributed by atoms with Crippen molar-refractivity contribution in [2.75, 3.05) is 14.1 Å². The van der Waals surface area contributed by atoms with Crippen LogP contribution in [0.25, 0.3) is 0 Å². The first-order chi connectivity index (χ1) is 4.04. The van der Waals surface area contributed by atoms with Crippen LogP contribution in [-0.2, 0) is 4.84 Å². The van der Waals surface area contributed by atoms with E-state index in [1.165, 1.54) is 5.01 Å². The first-order valence-electron chi connectivity index (χ1n) is 2.92. The van der Waals surface area contributed by atoms with Gasteiger partial charge in [0.1, 0.15) is 6.10 Å². The molecule has 0 aliphatic carbocycles. The maximum Gasteiger partial charge on any atom is 0.114 e. The third-order valence-electron chi connectivity index (χ3n) is 0.702. The van der Waals surface area contributed by atoms with Crippen LogP contribution < -0.4 is 5.34 Å². The van der Waals surface area contributed by atoms with Crippen LogP contribution in [0.1, 0.15) is 13.8 Å². The molecule has 4 heteroatoms. The highest BCUT2D eigenvalue weighted by Gasteiger charge is 2.02. The van der Waals surface area contributed by atoms with Gasteiger partial charge in [-0.1, -0.05) is 0 Å². The number of nitrogens with zero attached hydrogens (tertiary/aromatic N) is 1. The Kier molecular flexibility index (Phi) is 3.72. The Morgan fingerprint density at radius 1 is 1.44 bits per heavy atom. The van der Waals surface area contributed by atoms with Crippen molar-refractivity contribution >= 4 is 0 Å². The number of hydrogen-bond acceptors (Lipinski definition) is 3. The third kappa shape index (κ3) is 4.35. The molecule has 0 aliphatic rings. The summed E-state index contributed by atoms with van der Waals surface area (Å²) >= 11 is 0. The van der Waals surface area contributed by atoms with Gasteiger partial charge in [-0.2, -0.15) is 4.84 Å². The van der Waals surface area contributed by atoms with Gasteiger partial charge in [0.25, 0.3) is 0 Å². The van der Waals surface area contributed by atoms with Gasteiger partial charge >= 0.3 is 0 Å². The number of nitrogens with one attached hydrogen (secondary N) is 1. The summed E-state index contributed by atoms with van der Waals surface area (Å²) in [7, 11) is 3.31. The molecular formula is C5H14N2O2. The molecule has 0 saturated heterocycles. The third-order valence-corrected chi connectivity index (χ3v) is 0.702. The predicted molar refractivity (Wildman–Crippen MR) is 34.2 cm³/mol. The van der Waals surface area contributed by atoms with E-state index in [-0.39, 0.29) is 11.4 Å². The molecule has 0 rings (SSSR count). The fourth-order valence-corrected chi connectivity index (χ4v) is 0.307. The Balaban J connectivity index is 3.38. The number of hydrogen-bond donors (Lipinski definition) is 1. The molecule has 0 fully saturated rings. The van der Waals surface area contributed by atoms with Crippen LogP contribution in [0.3, 0.4) is 0 Å². The van der Waals surface area contributed by atoms with Crippen molar-refractivity contribution in [1.82, 2.24) is 5.01 Å². The Hall–Kier alpha value is -0.160. The second-order valence-electron chi connectivity index (χ2n) is 2.33. The lowest BCUT2D eigenvalue weighted by molar-refractivity contribution is -1.14. The van der Waals surface area contributed by atoms with Gasteiger partial charge < -0.3 is 5.21 Å². The zero-order valence-corrected chi connectivity index (χ0v) is 6.34. The van der Waals surface area contributed by atoms with Gasteiger partial charge in [0.15, 0.2) is 0 Å². The molecule has 0 aliphatic heterocycles. The zero-order chi connectivity index (χ0) is 7.44. The molecule has 1 atom stereocenters. The summed E-state index contributed by atoms with van der Waals surface area (Å²) < 4.78 is 0. The first kappa shape index (κ1) is 8.84. The molecule has 0 spiro atoms. The summed E-state index contributed by atoms with van der Waals surface area (Å²) in [5.41, 5.74) is 0. The lowest BCUT2D eigenvalue weighted by Gasteiger charge is -2.25. The Morgan fingerprint density at radius 3 is 2.00 bits per heavy atom. The van der Waals surface area contributed by atoms with Gasteiger partial charge in [0, 0.05) is 14.1 Å². The van der Waals surface area contributed by atoms with E-state index in [2.05, 4.69) is 0 Å². The molecule has 0 radical (unpaired) electrons. The summed E-state index contributed by atoms with van der Waals surface area (Å²) in [6.07, 6.45) is -0.0279. The van der Waals surface area contributed by atoms with E-state index >= 15 is 0 Å². The lowest BCUT2D eigenvalue weighted by Crippen LogP contribution is -3.12. The Labute approximate surface area is 55.5 Å². The van der Waals surface area contributed by atoms with Crippen molar-refractivity contribution in [3.63, 3.8) is 0 Å². The predicted octanol–water partition coefficient (Wildman–Crippen LogP) is -0.814. The van der Waals surface area contributed by atoms with Gasteiger partial charge in [0.2, 0.25) is 0 Å². The maximum atomic E-state index is 10.7.